The summed E-state index contributed by atoms with van der Waals surface area (Å²) in [5.74, 6) is -0.187. The molecule has 0 amide bonds. The summed E-state index contributed by atoms with van der Waals surface area (Å²) >= 11 is 9.25. The van der Waals surface area contributed by atoms with Crippen LogP contribution in [0.3, 0.4) is 0 Å². The average molecular weight is 248 g/mol. The van der Waals surface area contributed by atoms with Gasteiger partial charge >= 0.3 is 0 Å². The van der Waals surface area contributed by atoms with Gasteiger partial charge in [0, 0.05) is 11.5 Å². The molecule has 0 radical (unpaired) electrons. The van der Waals surface area contributed by atoms with E-state index in [1.54, 1.807) is 12.2 Å². The van der Waals surface area contributed by atoms with Gasteiger partial charge in [0.1, 0.15) is 0 Å². The van der Waals surface area contributed by atoms with E-state index in [0.29, 0.717) is 16.2 Å². The molecule has 0 aromatic carbocycles. The fraction of sp³-hybridized carbons (Fsp3) is 0.417. The fourth-order valence-electron chi connectivity index (χ4n) is 1.96. The molecule has 0 aromatic rings. The molecule has 0 aromatic heterocycles. The Morgan fingerprint density at radius 2 is 2.31 bits per heavy atom. The zero-order valence-corrected chi connectivity index (χ0v) is 10.7. The van der Waals surface area contributed by atoms with Crippen LogP contribution in [0.4, 0.5) is 0 Å². The van der Waals surface area contributed by atoms with Crippen LogP contribution in [0.25, 0.3) is 0 Å². The normalized spacial score (nSPS) is 27.8. The number of nitriles is 2. The van der Waals surface area contributed by atoms with Gasteiger partial charge in [0.15, 0.2) is 0 Å². The summed E-state index contributed by atoms with van der Waals surface area (Å²) in [5.41, 5.74) is -0.177. The van der Waals surface area contributed by atoms with Crippen molar-refractivity contribution in [2.45, 2.75) is 19.8 Å². The van der Waals surface area contributed by atoms with Crippen molar-refractivity contribution in [3.8, 4) is 12.1 Å². The van der Waals surface area contributed by atoms with Gasteiger partial charge in [-0.15, -0.1) is 12.6 Å². The molecule has 4 heteroatoms. The molecule has 0 bridgehead atoms. The summed E-state index contributed by atoms with van der Waals surface area (Å²) in [7, 11) is 0. The van der Waals surface area contributed by atoms with E-state index < -0.39 is 5.41 Å². The lowest BCUT2D eigenvalue weighted by molar-refractivity contribution is 0.407. The Hall–Kier alpha value is -1.10. The Morgan fingerprint density at radius 3 is 2.75 bits per heavy atom. The van der Waals surface area contributed by atoms with Crippen LogP contribution in [-0.4, -0.2) is 4.20 Å². The highest BCUT2D eigenvalue weighted by Gasteiger charge is 2.38. The van der Waals surface area contributed by atoms with Crippen molar-refractivity contribution in [1.29, 1.82) is 10.5 Å². The number of allylic oxidation sites excluding steroid dienone is 4. The van der Waals surface area contributed by atoms with Crippen molar-refractivity contribution in [2.24, 2.45) is 11.3 Å². The van der Waals surface area contributed by atoms with E-state index in [1.165, 1.54) is 0 Å². The number of hydrogen-bond acceptors (Lipinski definition) is 3. The van der Waals surface area contributed by atoms with Crippen molar-refractivity contribution in [3.63, 3.8) is 0 Å². The number of thiol groups is 1. The maximum absolute atomic E-state index is 9.37. The Balaban J connectivity index is 3.22. The number of rotatable bonds is 3. The Morgan fingerprint density at radius 1 is 1.62 bits per heavy atom. The van der Waals surface area contributed by atoms with E-state index in [1.807, 2.05) is 13.0 Å². The summed E-state index contributed by atoms with van der Waals surface area (Å²) < 4.78 is 0.500. The van der Waals surface area contributed by atoms with Crippen molar-refractivity contribution in [2.75, 3.05) is 0 Å². The molecule has 2 unspecified atom stereocenters. The third-order valence-corrected chi connectivity index (χ3v) is 3.24. The number of thiocarbonyl (C=S) groups is 1. The molecule has 1 rings (SSSR count). The highest BCUT2D eigenvalue weighted by atomic mass is 32.1. The Labute approximate surface area is 107 Å². The van der Waals surface area contributed by atoms with Crippen LogP contribution in [0.1, 0.15) is 19.8 Å². The van der Waals surface area contributed by atoms with Crippen LogP contribution >= 0.6 is 24.8 Å². The molecule has 1 aliphatic rings. The third kappa shape index (κ3) is 2.35. The first-order chi connectivity index (χ1) is 7.59. The van der Waals surface area contributed by atoms with E-state index in [-0.39, 0.29) is 5.92 Å². The summed E-state index contributed by atoms with van der Waals surface area (Å²) in [6, 6.07) is 4.36. The first kappa shape index (κ1) is 13.0. The monoisotopic (exact) mass is 248 g/mol. The van der Waals surface area contributed by atoms with Crippen LogP contribution < -0.4 is 0 Å². The Bertz CT molecular complexity index is 437. The predicted molar refractivity (Wildman–Crippen MR) is 70.9 cm³/mol. The van der Waals surface area contributed by atoms with E-state index >= 15 is 0 Å². The van der Waals surface area contributed by atoms with E-state index in [4.69, 9.17) is 17.5 Å². The molecule has 0 spiro atoms. The molecule has 0 heterocycles. The molecule has 1 aliphatic carbocycles. The molecule has 0 saturated carbocycles. The molecule has 0 fully saturated rings. The molecule has 82 valence electrons. The van der Waals surface area contributed by atoms with Crippen molar-refractivity contribution in [3.05, 3.63) is 23.8 Å². The molecule has 0 aliphatic heterocycles. The number of hydrogen-bond donors (Lipinski definition) is 1. The first-order valence-corrected chi connectivity index (χ1v) is 5.90. The van der Waals surface area contributed by atoms with Gasteiger partial charge in [-0.05, 0) is 18.6 Å². The first-order valence-electron chi connectivity index (χ1n) is 5.05. The summed E-state index contributed by atoms with van der Waals surface area (Å²) in [4.78, 5) is 0. The minimum absolute atomic E-state index is 0.187. The zero-order chi connectivity index (χ0) is 12.2. The lowest BCUT2D eigenvalue weighted by atomic mass is 9.70. The van der Waals surface area contributed by atoms with Crippen molar-refractivity contribution in [1.82, 2.24) is 0 Å². The van der Waals surface area contributed by atoms with Crippen LogP contribution in [0, 0.1) is 34.0 Å². The number of nitrogens with zero attached hydrogens (tertiary/aromatic N) is 2. The quantitative estimate of drug-likeness (QED) is 0.616. The smallest absolute Gasteiger partial charge is 0.0988 e. The largest absolute Gasteiger partial charge is 0.197 e. The third-order valence-electron chi connectivity index (χ3n) is 2.70. The molecular weight excluding hydrogens is 236 g/mol. The van der Waals surface area contributed by atoms with Gasteiger partial charge in [-0.25, -0.2) is 0 Å². The second-order valence-corrected chi connectivity index (χ2v) is 5.01. The fourth-order valence-corrected chi connectivity index (χ4v) is 2.56. The lowest BCUT2D eigenvalue weighted by Crippen LogP contribution is -2.31. The van der Waals surface area contributed by atoms with E-state index in [0.717, 1.165) is 6.42 Å². The standard InChI is InChI=1S/C12H12N2S2/c1-2-5-12(8-14)6-9(7-13)3-4-10(12)11(15)16/h3-4,6,10H,2,5H2,1H3,(H,15,16). The van der Waals surface area contributed by atoms with Crippen LogP contribution in [0.15, 0.2) is 23.8 Å². The van der Waals surface area contributed by atoms with Crippen LogP contribution in [0.2, 0.25) is 0 Å². The summed E-state index contributed by atoms with van der Waals surface area (Å²) in [5, 5.41) is 18.3. The maximum atomic E-state index is 9.37. The minimum atomic E-state index is -0.701. The van der Waals surface area contributed by atoms with Gasteiger partial charge in [0.2, 0.25) is 0 Å². The molecule has 2 nitrogen and oxygen atoms in total. The van der Waals surface area contributed by atoms with Crippen molar-refractivity contribution >= 4 is 29.0 Å². The van der Waals surface area contributed by atoms with E-state index in [9.17, 15) is 5.26 Å². The Kier molecular flexibility index (Phi) is 4.29. The highest BCUT2D eigenvalue weighted by Crippen LogP contribution is 2.40. The second-order valence-electron chi connectivity index (χ2n) is 3.79. The average Bonchev–Trinajstić information content (AvgIpc) is 2.28. The van der Waals surface area contributed by atoms with Crippen LogP contribution in [-0.2, 0) is 0 Å². The molecule has 0 N–H and O–H groups in total. The topological polar surface area (TPSA) is 47.6 Å². The van der Waals surface area contributed by atoms with Gasteiger partial charge in [-0.3, -0.25) is 0 Å². The van der Waals surface area contributed by atoms with Gasteiger partial charge < -0.3 is 0 Å². The van der Waals surface area contributed by atoms with Gasteiger partial charge in [0.05, 0.1) is 21.8 Å². The van der Waals surface area contributed by atoms with E-state index in [2.05, 4.69) is 24.8 Å². The SMILES string of the molecule is CCCC1(C#N)C=C(C#N)C=CC1C(=S)S. The summed E-state index contributed by atoms with van der Waals surface area (Å²) in [6.45, 7) is 2.01. The van der Waals surface area contributed by atoms with Crippen LogP contribution in [0.5, 0.6) is 0 Å². The molecule has 16 heavy (non-hydrogen) atoms. The van der Waals surface area contributed by atoms with Gasteiger partial charge in [0.25, 0.3) is 0 Å². The predicted octanol–water partition coefficient (Wildman–Crippen LogP) is 3.19. The molecule has 2 atom stereocenters. The highest BCUT2D eigenvalue weighted by molar-refractivity contribution is 8.11. The molecular formula is C12H12N2S2. The lowest BCUT2D eigenvalue weighted by Gasteiger charge is -2.32. The maximum Gasteiger partial charge on any atom is 0.0988 e. The minimum Gasteiger partial charge on any atom is -0.197 e. The van der Waals surface area contributed by atoms with Gasteiger partial charge in [-0.1, -0.05) is 31.6 Å². The second kappa shape index (κ2) is 5.30. The zero-order valence-electron chi connectivity index (χ0n) is 8.97. The molecule has 0 saturated heterocycles. The van der Waals surface area contributed by atoms with Gasteiger partial charge in [-0.2, -0.15) is 10.5 Å². The summed E-state index contributed by atoms with van der Waals surface area (Å²) in [6.07, 6.45) is 6.79. The van der Waals surface area contributed by atoms with Crippen molar-refractivity contribution < 1.29 is 0 Å².